The maximum atomic E-state index is 15.0. The first-order chi connectivity index (χ1) is 22.3. The van der Waals surface area contributed by atoms with Crippen molar-refractivity contribution in [2.24, 2.45) is 0 Å². The summed E-state index contributed by atoms with van der Waals surface area (Å²) in [5.41, 5.74) is 3.87. The molecule has 2 saturated heterocycles. The minimum absolute atomic E-state index is 0.0140. The highest BCUT2D eigenvalue weighted by atomic mass is 32.2. The number of anilines is 1. The molecule has 47 heavy (non-hydrogen) atoms. The van der Waals surface area contributed by atoms with Crippen molar-refractivity contribution >= 4 is 48.3 Å². The number of alkyl halides is 3. The number of thiophene rings is 1. The lowest BCUT2D eigenvalue weighted by molar-refractivity contribution is -0.127. The molecular formula is C31H36F4N8O2S2. The van der Waals surface area contributed by atoms with Crippen molar-refractivity contribution in [1.82, 2.24) is 28.6 Å². The number of halogens is 4. The molecule has 3 aromatic heterocycles. The number of sulfonamides is 1. The van der Waals surface area contributed by atoms with Crippen LogP contribution in [0.25, 0.3) is 21.1 Å². The zero-order valence-electron chi connectivity index (χ0n) is 26.1. The van der Waals surface area contributed by atoms with Crippen molar-refractivity contribution in [2.75, 3.05) is 57.4 Å². The van der Waals surface area contributed by atoms with Crippen LogP contribution in [0.5, 0.6) is 0 Å². The van der Waals surface area contributed by atoms with Crippen molar-refractivity contribution < 1.29 is 26.0 Å². The summed E-state index contributed by atoms with van der Waals surface area (Å²) in [7, 11) is -3.19. The van der Waals surface area contributed by atoms with Crippen molar-refractivity contribution in [3.05, 3.63) is 52.0 Å². The number of aryl methyl sites for hydroxylation is 1. The zero-order chi connectivity index (χ0) is 33.5. The lowest BCUT2D eigenvalue weighted by Crippen LogP contribution is -2.48. The Morgan fingerprint density at radius 3 is 2.45 bits per heavy atom. The van der Waals surface area contributed by atoms with E-state index in [1.54, 1.807) is 0 Å². The molecule has 2 fully saturated rings. The van der Waals surface area contributed by atoms with Gasteiger partial charge in [-0.15, -0.1) is 11.3 Å². The standard InChI is InChI=1S/C31H36F4N8O2S2/c1-20-21(3-4-25-24(20)15-23(17-36)43(25)14-11-40-9-12-42(13-10-40)47(2,44)45)18-41-7-5-22(6-8-41)39-29-27-28(32)26(16-31(33,34)35)46-30(27)38-19-37-29/h3-4,15,19,22H,5-14,16,18H2,1-2H3,(H,37,38,39). The molecule has 0 radical (unpaired) electrons. The molecule has 2 aliphatic rings. The molecule has 10 nitrogen and oxygen atoms in total. The monoisotopic (exact) mass is 692 g/mol. The highest BCUT2D eigenvalue weighted by Crippen LogP contribution is 2.36. The molecule has 5 heterocycles. The summed E-state index contributed by atoms with van der Waals surface area (Å²) in [5.74, 6) is -0.680. The van der Waals surface area contributed by atoms with Gasteiger partial charge in [0.15, 0.2) is 5.82 Å². The summed E-state index contributed by atoms with van der Waals surface area (Å²) >= 11 is 0.708. The van der Waals surface area contributed by atoms with Crippen molar-refractivity contribution in [2.45, 2.75) is 51.5 Å². The fourth-order valence-corrected chi connectivity index (χ4v) is 8.45. The van der Waals surface area contributed by atoms with E-state index in [0.29, 0.717) is 56.3 Å². The maximum absolute atomic E-state index is 15.0. The third-order valence-corrected chi connectivity index (χ3v) is 11.6. The Labute approximate surface area is 274 Å². The second-order valence-corrected chi connectivity index (χ2v) is 15.4. The van der Waals surface area contributed by atoms with Gasteiger partial charge in [-0.2, -0.15) is 22.7 Å². The number of nitrogens with one attached hydrogen (secondary N) is 1. The van der Waals surface area contributed by atoms with Gasteiger partial charge in [0.25, 0.3) is 0 Å². The predicted molar refractivity (Wildman–Crippen MR) is 173 cm³/mol. The second kappa shape index (κ2) is 13.3. The van der Waals surface area contributed by atoms with Crippen LogP contribution in [0.1, 0.15) is 34.5 Å². The van der Waals surface area contributed by atoms with E-state index < -0.39 is 28.4 Å². The lowest BCUT2D eigenvalue weighted by Gasteiger charge is -2.33. The van der Waals surface area contributed by atoms with Crippen LogP contribution in [0.3, 0.4) is 0 Å². The average Bonchev–Trinajstić information content (AvgIpc) is 3.54. The predicted octanol–water partition coefficient (Wildman–Crippen LogP) is 4.72. The highest BCUT2D eigenvalue weighted by Gasteiger charge is 2.32. The molecule has 0 atom stereocenters. The first-order valence-electron chi connectivity index (χ1n) is 15.5. The Bertz CT molecular complexity index is 1920. The van der Waals surface area contributed by atoms with Gasteiger partial charge in [-0.25, -0.2) is 22.8 Å². The van der Waals surface area contributed by atoms with Crippen LogP contribution < -0.4 is 5.32 Å². The van der Waals surface area contributed by atoms with Crippen LogP contribution in [0.15, 0.2) is 24.5 Å². The normalized spacial score (nSPS) is 17.9. The lowest BCUT2D eigenvalue weighted by atomic mass is 10.0. The molecule has 0 amide bonds. The number of benzene rings is 1. The first-order valence-corrected chi connectivity index (χ1v) is 18.1. The van der Waals surface area contributed by atoms with Crippen LogP contribution in [-0.4, -0.2) is 101 Å². The quantitative estimate of drug-likeness (QED) is 0.251. The van der Waals surface area contributed by atoms with E-state index >= 15 is 0 Å². The van der Waals surface area contributed by atoms with Crippen LogP contribution in [0, 0.1) is 24.1 Å². The number of aromatic nitrogens is 3. The van der Waals surface area contributed by atoms with E-state index in [-0.39, 0.29) is 27.0 Å². The molecular weight excluding hydrogens is 657 g/mol. The topological polar surface area (TPSA) is 110 Å². The Morgan fingerprint density at radius 2 is 1.79 bits per heavy atom. The number of hydrogen-bond acceptors (Lipinski definition) is 9. The Hall–Kier alpha value is -3.36. The summed E-state index contributed by atoms with van der Waals surface area (Å²) in [4.78, 5) is 12.5. The van der Waals surface area contributed by atoms with Gasteiger partial charge in [0.05, 0.1) is 22.9 Å². The Kier molecular flexibility index (Phi) is 9.47. The van der Waals surface area contributed by atoms with E-state index in [0.717, 1.165) is 54.5 Å². The van der Waals surface area contributed by atoms with Crippen LogP contribution in [0.2, 0.25) is 0 Å². The van der Waals surface area contributed by atoms with E-state index in [1.165, 1.54) is 16.9 Å². The molecule has 0 aliphatic carbocycles. The number of nitrogens with zero attached hydrogens (tertiary/aromatic N) is 7. The number of nitriles is 1. The van der Waals surface area contributed by atoms with Gasteiger partial charge in [-0.3, -0.25) is 9.80 Å². The fourth-order valence-electron chi connectivity index (χ4n) is 6.57. The van der Waals surface area contributed by atoms with Crippen molar-refractivity contribution in [3.63, 3.8) is 0 Å². The van der Waals surface area contributed by atoms with Crippen LogP contribution in [-0.2, 0) is 29.5 Å². The number of hydrogen-bond donors (Lipinski definition) is 1. The minimum Gasteiger partial charge on any atom is -0.367 e. The van der Waals surface area contributed by atoms with Gasteiger partial charge < -0.3 is 9.88 Å². The van der Waals surface area contributed by atoms with Gasteiger partial charge in [0.1, 0.15) is 28.7 Å². The van der Waals surface area contributed by atoms with Crippen molar-refractivity contribution in [3.8, 4) is 6.07 Å². The van der Waals surface area contributed by atoms with Gasteiger partial charge >= 0.3 is 6.18 Å². The maximum Gasteiger partial charge on any atom is 0.393 e. The molecule has 4 aromatic rings. The van der Waals surface area contributed by atoms with Crippen LogP contribution in [0.4, 0.5) is 23.4 Å². The average molecular weight is 693 g/mol. The van der Waals surface area contributed by atoms with E-state index in [9.17, 15) is 31.2 Å². The van der Waals surface area contributed by atoms with Gasteiger partial charge in [0, 0.05) is 75.8 Å². The Balaban J connectivity index is 1.08. The number of piperidine rings is 1. The molecule has 16 heteroatoms. The molecule has 6 rings (SSSR count). The van der Waals surface area contributed by atoms with E-state index in [4.69, 9.17) is 0 Å². The second-order valence-electron chi connectivity index (χ2n) is 12.3. The molecule has 0 unspecified atom stereocenters. The van der Waals surface area contributed by atoms with Gasteiger partial charge in [0.2, 0.25) is 10.0 Å². The highest BCUT2D eigenvalue weighted by molar-refractivity contribution is 7.88. The third-order valence-electron chi connectivity index (χ3n) is 9.20. The summed E-state index contributed by atoms with van der Waals surface area (Å²) in [5, 5.41) is 14.2. The third kappa shape index (κ3) is 7.39. The number of rotatable bonds is 9. The molecule has 1 aromatic carbocycles. The molecule has 1 N–H and O–H groups in total. The summed E-state index contributed by atoms with van der Waals surface area (Å²) < 4.78 is 81.0. The van der Waals surface area contributed by atoms with Gasteiger partial charge in [-0.1, -0.05) is 6.07 Å². The molecule has 0 saturated carbocycles. The molecule has 0 spiro atoms. The van der Waals surface area contributed by atoms with E-state index in [1.807, 2.05) is 10.6 Å². The Morgan fingerprint density at radius 1 is 1.06 bits per heavy atom. The summed E-state index contributed by atoms with van der Waals surface area (Å²) in [6, 6.07) is 8.44. The largest absolute Gasteiger partial charge is 0.393 e. The smallest absolute Gasteiger partial charge is 0.367 e. The SMILES string of the molecule is Cc1c(CN2CCC(Nc3ncnc4sc(CC(F)(F)F)c(F)c34)CC2)ccc2c1cc(C#N)n2CCN1CCN(S(C)(=O)=O)CC1. The van der Waals surface area contributed by atoms with Gasteiger partial charge in [-0.05, 0) is 43.0 Å². The fraction of sp³-hybridized carbons (Fsp3) is 0.516. The number of fused-ring (bicyclic) bond motifs is 2. The molecule has 2 aliphatic heterocycles. The first kappa shape index (κ1) is 33.5. The minimum atomic E-state index is -4.51. The zero-order valence-corrected chi connectivity index (χ0v) is 27.8. The number of likely N-dealkylation sites (tertiary alicyclic amines) is 1. The number of piperazine rings is 1. The van der Waals surface area contributed by atoms with Crippen molar-refractivity contribution in [1.29, 1.82) is 5.26 Å². The van der Waals surface area contributed by atoms with Crippen LogP contribution >= 0.6 is 11.3 Å². The molecule has 0 bridgehead atoms. The molecule has 252 valence electrons. The summed E-state index contributed by atoms with van der Waals surface area (Å²) in [6.45, 7) is 7.93. The van der Waals surface area contributed by atoms with E-state index in [2.05, 4.69) is 50.2 Å². The summed E-state index contributed by atoms with van der Waals surface area (Å²) in [6.07, 6.45) is -1.86.